The Balaban J connectivity index is 0.00000441. The summed E-state index contributed by atoms with van der Waals surface area (Å²) < 4.78 is 23.3. The van der Waals surface area contributed by atoms with Crippen LogP contribution in [0.15, 0.2) is 22.5 Å². The predicted molar refractivity (Wildman–Crippen MR) is 106 cm³/mol. The van der Waals surface area contributed by atoms with Crippen LogP contribution in [0, 0.1) is 0 Å². The van der Waals surface area contributed by atoms with Crippen LogP contribution in [0.1, 0.15) is 25.6 Å². The van der Waals surface area contributed by atoms with E-state index < -0.39 is 14.6 Å². The molecule has 0 aromatic carbocycles. The normalized spacial score (nSPS) is 12.6. The van der Waals surface area contributed by atoms with E-state index in [1.807, 2.05) is 6.07 Å². The van der Waals surface area contributed by atoms with Gasteiger partial charge in [-0.15, -0.1) is 35.3 Å². The molecule has 0 spiro atoms. The van der Waals surface area contributed by atoms with E-state index in [4.69, 9.17) is 0 Å². The largest absolute Gasteiger partial charge is 0.356 e. The van der Waals surface area contributed by atoms with Crippen LogP contribution in [0.25, 0.3) is 0 Å². The predicted octanol–water partition coefficient (Wildman–Crippen LogP) is 2.29. The summed E-state index contributed by atoms with van der Waals surface area (Å²) in [6.07, 6.45) is 0.929. The van der Waals surface area contributed by atoms with Gasteiger partial charge in [0.05, 0.1) is 10.5 Å². The summed E-state index contributed by atoms with van der Waals surface area (Å²) in [6.45, 7) is 6.29. The minimum Gasteiger partial charge on any atom is -0.356 e. The Labute approximate surface area is 154 Å². The Bertz CT molecular complexity index is 549. The number of nitrogens with one attached hydrogen (secondary N) is 2. The molecule has 0 aliphatic rings. The van der Waals surface area contributed by atoms with Gasteiger partial charge in [-0.1, -0.05) is 6.07 Å². The number of hydrogen-bond acceptors (Lipinski definition) is 4. The fourth-order valence-corrected chi connectivity index (χ4v) is 3.28. The van der Waals surface area contributed by atoms with E-state index in [0.29, 0.717) is 12.5 Å². The number of thiophene rings is 1. The Morgan fingerprint density at radius 3 is 2.41 bits per heavy atom. The fourth-order valence-electron chi connectivity index (χ4n) is 1.59. The number of sulfone groups is 1. The van der Waals surface area contributed by atoms with E-state index in [1.54, 1.807) is 39.2 Å². The lowest BCUT2D eigenvalue weighted by molar-refractivity contribution is 0.559. The van der Waals surface area contributed by atoms with Gasteiger partial charge in [-0.2, -0.15) is 0 Å². The average molecular weight is 459 g/mol. The maximum absolute atomic E-state index is 12.0. The van der Waals surface area contributed by atoms with Crippen molar-refractivity contribution in [3.63, 3.8) is 0 Å². The highest BCUT2D eigenvalue weighted by Crippen LogP contribution is 2.15. The fraction of sp³-hybridized carbons (Fsp3) is 0.643. The monoisotopic (exact) mass is 459 g/mol. The third kappa shape index (κ3) is 7.28. The molecule has 1 rings (SSSR count). The molecular formula is C14H26IN3O2S2. The zero-order chi connectivity index (χ0) is 15.9. The lowest BCUT2D eigenvalue weighted by Gasteiger charge is -2.19. The molecule has 1 heterocycles. The molecule has 128 valence electrons. The van der Waals surface area contributed by atoms with Gasteiger partial charge in [0.1, 0.15) is 0 Å². The molecule has 0 fully saturated rings. The summed E-state index contributed by atoms with van der Waals surface area (Å²) >= 11 is 1.73. The van der Waals surface area contributed by atoms with E-state index in [-0.39, 0.29) is 29.7 Å². The van der Waals surface area contributed by atoms with E-state index in [0.717, 1.165) is 13.0 Å². The summed E-state index contributed by atoms with van der Waals surface area (Å²) in [5, 5.41) is 8.28. The zero-order valence-electron chi connectivity index (χ0n) is 13.5. The van der Waals surface area contributed by atoms with Gasteiger partial charge in [0.25, 0.3) is 0 Å². The van der Waals surface area contributed by atoms with Crippen molar-refractivity contribution in [2.24, 2.45) is 4.99 Å². The highest BCUT2D eigenvalue weighted by atomic mass is 127. The van der Waals surface area contributed by atoms with E-state index in [9.17, 15) is 8.42 Å². The second kappa shape index (κ2) is 9.71. The van der Waals surface area contributed by atoms with Crippen LogP contribution >= 0.6 is 35.3 Å². The molecule has 0 radical (unpaired) electrons. The lowest BCUT2D eigenvalue weighted by Crippen LogP contribution is -2.42. The van der Waals surface area contributed by atoms with Gasteiger partial charge < -0.3 is 10.6 Å². The van der Waals surface area contributed by atoms with Gasteiger partial charge >= 0.3 is 0 Å². The maximum atomic E-state index is 12.0. The van der Waals surface area contributed by atoms with Gasteiger partial charge in [0.15, 0.2) is 15.8 Å². The molecule has 5 nitrogen and oxygen atoms in total. The second-order valence-electron chi connectivity index (χ2n) is 5.69. The third-order valence-electron chi connectivity index (χ3n) is 3.06. The first kappa shape index (κ1) is 21.6. The molecule has 0 unspecified atom stereocenters. The van der Waals surface area contributed by atoms with E-state index in [1.165, 1.54) is 4.88 Å². The number of halogens is 1. The Morgan fingerprint density at radius 1 is 1.27 bits per heavy atom. The molecule has 22 heavy (non-hydrogen) atoms. The molecule has 0 saturated carbocycles. The number of rotatable bonds is 6. The summed E-state index contributed by atoms with van der Waals surface area (Å²) in [7, 11) is -1.42. The van der Waals surface area contributed by atoms with Crippen molar-refractivity contribution in [2.75, 3.05) is 25.9 Å². The molecule has 1 aromatic heterocycles. The van der Waals surface area contributed by atoms with Crippen LogP contribution in [0.3, 0.4) is 0 Å². The Hall–Kier alpha value is -0.350. The van der Waals surface area contributed by atoms with Gasteiger partial charge in [-0.3, -0.25) is 4.99 Å². The van der Waals surface area contributed by atoms with Gasteiger partial charge in [-0.05, 0) is 38.6 Å². The summed E-state index contributed by atoms with van der Waals surface area (Å²) in [6, 6.07) is 4.13. The molecule has 0 aliphatic heterocycles. The minimum absolute atomic E-state index is 0. The van der Waals surface area contributed by atoms with Crippen molar-refractivity contribution in [2.45, 2.75) is 31.9 Å². The molecule has 0 bridgehead atoms. The molecule has 0 atom stereocenters. The number of nitrogens with zero attached hydrogens (tertiary/aromatic N) is 1. The molecule has 0 saturated heterocycles. The quantitative estimate of drug-likeness (QED) is 0.389. The molecule has 8 heteroatoms. The van der Waals surface area contributed by atoms with Crippen molar-refractivity contribution in [3.05, 3.63) is 22.4 Å². The second-order valence-corrected chi connectivity index (χ2v) is 9.58. The standard InChI is InChI=1S/C14H25N3O2S2.HI/c1-14(2,3)21(18,19)11-9-17-13(15-4)16-8-7-12-6-5-10-20-12;/h5-6,10H,7-9,11H2,1-4H3,(H2,15,16,17);1H. The van der Waals surface area contributed by atoms with Crippen molar-refractivity contribution in [1.82, 2.24) is 10.6 Å². The van der Waals surface area contributed by atoms with Gasteiger partial charge in [-0.25, -0.2) is 8.42 Å². The first-order valence-corrected chi connectivity index (χ1v) is 9.48. The SMILES string of the molecule is CN=C(NCCc1cccs1)NCCS(=O)(=O)C(C)(C)C.I. The molecule has 0 amide bonds. The third-order valence-corrected chi connectivity index (χ3v) is 6.61. The van der Waals surface area contributed by atoms with Crippen molar-refractivity contribution >= 4 is 51.1 Å². The van der Waals surface area contributed by atoms with Crippen LogP contribution < -0.4 is 10.6 Å². The lowest BCUT2D eigenvalue weighted by atomic mass is 10.3. The minimum atomic E-state index is -3.10. The van der Waals surface area contributed by atoms with E-state index >= 15 is 0 Å². The van der Waals surface area contributed by atoms with Crippen LogP contribution in [-0.2, 0) is 16.3 Å². The first-order chi connectivity index (χ1) is 9.76. The summed E-state index contributed by atoms with van der Waals surface area (Å²) in [4.78, 5) is 5.40. The maximum Gasteiger partial charge on any atom is 0.191 e. The number of guanidine groups is 1. The highest BCUT2D eigenvalue weighted by molar-refractivity contribution is 14.0. The summed E-state index contributed by atoms with van der Waals surface area (Å²) in [5.41, 5.74) is 0. The molecule has 2 N–H and O–H groups in total. The number of aliphatic imine (C=N–C) groups is 1. The Morgan fingerprint density at radius 2 is 1.91 bits per heavy atom. The molecule has 1 aromatic rings. The first-order valence-electron chi connectivity index (χ1n) is 6.95. The Kier molecular flexibility index (Phi) is 9.56. The van der Waals surface area contributed by atoms with Crippen LogP contribution in [-0.4, -0.2) is 45.0 Å². The van der Waals surface area contributed by atoms with Gasteiger partial charge in [0.2, 0.25) is 0 Å². The average Bonchev–Trinajstić information content (AvgIpc) is 2.88. The van der Waals surface area contributed by atoms with Crippen molar-refractivity contribution in [1.29, 1.82) is 0 Å². The van der Waals surface area contributed by atoms with Crippen molar-refractivity contribution in [3.8, 4) is 0 Å². The van der Waals surface area contributed by atoms with Crippen LogP contribution in [0.4, 0.5) is 0 Å². The van der Waals surface area contributed by atoms with Crippen LogP contribution in [0.2, 0.25) is 0 Å². The van der Waals surface area contributed by atoms with E-state index in [2.05, 4.69) is 27.1 Å². The van der Waals surface area contributed by atoms with Gasteiger partial charge in [0, 0.05) is 25.0 Å². The van der Waals surface area contributed by atoms with Crippen LogP contribution in [0.5, 0.6) is 0 Å². The topological polar surface area (TPSA) is 70.6 Å². The smallest absolute Gasteiger partial charge is 0.191 e. The highest BCUT2D eigenvalue weighted by Gasteiger charge is 2.28. The van der Waals surface area contributed by atoms with Crippen molar-refractivity contribution < 1.29 is 8.42 Å². The molecular weight excluding hydrogens is 433 g/mol. The molecule has 0 aliphatic carbocycles. The zero-order valence-corrected chi connectivity index (χ0v) is 17.5. The summed E-state index contributed by atoms with van der Waals surface area (Å²) in [5.74, 6) is 0.734. The number of hydrogen-bond donors (Lipinski definition) is 2.